The Kier molecular flexibility index (Phi) is 4.66. The molecule has 0 aliphatic carbocycles. The third kappa shape index (κ3) is 3.39. The van der Waals surface area contributed by atoms with E-state index in [0.29, 0.717) is 18.7 Å². The highest BCUT2D eigenvalue weighted by Gasteiger charge is 2.11. The van der Waals surface area contributed by atoms with Crippen LogP contribution >= 0.6 is 0 Å². The maximum atomic E-state index is 12.0. The minimum atomic E-state index is -0.149. The number of hydrogen-bond donors (Lipinski definition) is 1. The number of fused-ring (bicyclic) bond motifs is 1. The van der Waals surface area contributed by atoms with Crippen LogP contribution in [0, 0.1) is 0 Å². The normalized spacial score (nSPS) is 10.8. The van der Waals surface area contributed by atoms with Crippen LogP contribution in [0.5, 0.6) is 0 Å². The van der Waals surface area contributed by atoms with Gasteiger partial charge in [-0.25, -0.2) is 4.98 Å². The Hall–Kier alpha value is -2.69. The highest BCUT2D eigenvalue weighted by molar-refractivity contribution is 5.92. The summed E-state index contributed by atoms with van der Waals surface area (Å²) in [7, 11) is 0. The summed E-state index contributed by atoms with van der Waals surface area (Å²) in [6.45, 7) is 3.63. The monoisotopic (exact) mass is 308 g/mol. The van der Waals surface area contributed by atoms with E-state index < -0.39 is 0 Å². The molecule has 23 heavy (non-hydrogen) atoms. The van der Waals surface area contributed by atoms with Gasteiger partial charge in [-0.3, -0.25) is 9.78 Å². The Morgan fingerprint density at radius 2 is 2.00 bits per heavy atom. The number of nitrogens with zero attached hydrogens (tertiary/aromatic N) is 3. The first-order valence-corrected chi connectivity index (χ1v) is 7.93. The Morgan fingerprint density at radius 1 is 1.17 bits per heavy atom. The van der Waals surface area contributed by atoms with E-state index in [4.69, 9.17) is 4.98 Å². The van der Waals surface area contributed by atoms with Crippen LogP contribution in [0.4, 0.5) is 0 Å². The van der Waals surface area contributed by atoms with Crippen molar-refractivity contribution < 1.29 is 4.79 Å². The Labute approximate surface area is 135 Å². The van der Waals surface area contributed by atoms with E-state index in [0.717, 1.165) is 29.8 Å². The summed E-state index contributed by atoms with van der Waals surface area (Å²) in [5.74, 6) is 0.859. The van der Waals surface area contributed by atoms with Gasteiger partial charge in [0.15, 0.2) is 0 Å². The molecular formula is C18H20N4O. The number of imidazole rings is 1. The lowest BCUT2D eigenvalue weighted by Gasteiger charge is -2.08. The van der Waals surface area contributed by atoms with Gasteiger partial charge in [0.1, 0.15) is 11.5 Å². The van der Waals surface area contributed by atoms with Gasteiger partial charge in [0.2, 0.25) is 0 Å². The maximum absolute atomic E-state index is 12.0. The zero-order valence-corrected chi connectivity index (χ0v) is 13.2. The predicted molar refractivity (Wildman–Crippen MR) is 90.3 cm³/mol. The minimum absolute atomic E-state index is 0.149. The lowest BCUT2D eigenvalue weighted by molar-refractivity contribution is 0.0949. The second-order valence-electron chi connectivity index (χ2n) is 5.39. The number of carbonyl (C=O) groups excluding carboxylic acids is 1. The smallest absolute Gasteiger partial charge is 0.269 e. The fourth-order valence-corrected chi connectivity index (χ4v) is 2.66. The van der Waals surface area contributed by atoms with Crippen molar-refractivity contribution in [1.82, 2.24) is 19.9 Å². The summed E-state index contributed by atoms with van der Waals surface area (Å²) < 4.78 is 2.24. The quantitative estimate of drug-likeness (QED) is 0.762. The van der Waals surface area contributed by atoms with Crippen molar-refractivity contribution in [2.45, 2.75) is 26.3 Å². The number of carbonyl (C=O) groups is 1. The highest BCUT2D eigenvalue weighted by atomic mass is 16.1. The van der Waals surface area contributed by atoms with E-state index >= 15 is 0 Å². The van der Waals surface area contributed by atoms with Crippen molar-refractivity contribution in [2.75, 3.05) is 6.54 Å². The average molecular weight is 308 g/mol. The molecule has 2 aromatic heterocycles. The van der Waals surface area contributed by atoms with Gasteiger partial charge in [-0.15, -0.1) is 0 Å². The minimum Gasteiger partial charge on any atom is -0.350 e. The van der Waals surface area contributed by atoms with Crippen LogP contribution in [0.3, 0.4) is 0 Å². The zero-order chi connectivity index (χ0) is 16.1. The second-order valence-corrected chi connectivity index (χ2v) is 5.39. The molecule has 0 aliphatic heterocycles. The van der Waals surface area contributed by atoms with Gasteiger partial charge < -0.3 is 9.88 Å². The van der Waals surface area contributed by atoms with Crippen LogP contribution in [0.2, 0.25) is 0 Å². The second kappa shape index (κ2) is 7.05. The predicted octanol–water partition coefficient (Wildman–Crippen LogP) is 2.81. The van der Waals surface area contributed by atoms with E-state index in [1.54, 1.807) is 18.3 Å². The van der Waals surface area contributed by atoms with Crippen LogP contribution in [0.1, 0.15) is 29.7 Å². The molecule has 0 spiro atoms. The van der Waals surface area contributed by atoms with Crippen LogP contribution in [0.25, 0.3) is 11.0 Å². The molecule has 0 saturated carbocycles. The molecule has 1 N–H and O–H groups in total. The number of aryl methyl sites for hydroxylation is 1. The van der Waals surface area contributed by atoms with E-state index in [-0.39, 0.29) is 5.91 Å². The summed E-state index contributed by atoms with van der Waals surface area (Å²) in [5, 5.41) is 2.91. The van der Waals surface area contributed by atoms with E-state index in [1.807, 2.05) is 24.3 Å². The lowest BCUT2D eigenvalue weighted by atomic mass is 10.3. The van der Waals surface area contributed by atoms with Gasteiger partial charge in [0, 0.05) is 25.7 Å². The molecule has 0 unspecified atom stereocenters. The van der Waals surface area contributed by atoms with Gasteiger partial charge in [-0.05, 0) is 30.7 Å². The van der Waals surface area contributed by atoms with Gasteiger partial charge >= 0.3 is 0 Å². The Bertz CT molecular complexity index is 795. The topological polar surface area (TPSA) is 59.8 Å². The Morgan fingerprint density at radius 3 is 2.78 bits per heavy atom. The maximum Gasteiger partial charge on any atom is 0.269 e. The summed E-state index contributed by atoms with van der Waals surface area (Å²) in [6, 6.07) is 13.5. The highest BCUT2D eigenvalue weighted by Crippen LogP contribution is 2.16. The van der Waals surface area contributed by atoms with Crippen LogP contribution in [-0.4, -0.2) is 27.0 Å². The van der Waals surface area contributed by atoms with Crippen molar-refractivity contribution in [3.8, 4) is 0 Å². The standard InChI is InChI=1S/C18H20N4O/c1-2-13-22-16-9-4-3-7-14(16)21-17(22)10-12-20-18(23)15-8-5-6-11-19-15/h3-9,11H,2,10,12-13H2,1H3,(H,20,23). The first-order valence-electron chi connectivity index (χ1n) is 7.93. The molecule has 0 atom stereocenters. The number of nitrogens with one attached hydrogen (secondary N) is 1. The van der Waals surface area contributed by atoms with E-state index in [2.05, 4.69) is 27.9 Å². The molecule has 0 aliphatic rings. The van der Waals surface area contributed by atoms with Gasteiger partial charge in [0.25, 0.3) is 5.91 Å². The first kappa shape index (κ1) is 15.2. The molecule has 1 amide bonds. The van der Waals surface area contributed by atoms with Crippen molar-refractivity contribution in [3.63, 3.8) is 0 Å². The molecular weight excluding hydrogens is 288 g/mol. The Balaban J connectivity index is 1.69. The summed E-state index contributed by atoms with van der Waals surface area (Å²) in [5.41, 5.74) is 2.60. The molecule has 5 heteroatoms. The third-order valence-corrected chi connectivity index (χ3v) is 3.71. The fourth-order valence-electron chi connectivity index (χ4n) is 2.66. The number of rotatable bonds is 6. The molecule has 118 valence electrons. The number of benzene rings is 1. The van der Waals surface area contributed by atoms with E-state index in [9.17, 15) is 4.79 Å². The van der Waals surface area contributed by atoms with E-state index in [1.165, 1.54) is 0 Å². The molecule has 2 heterocycles. The molecule has 0 radical (unpaired) electrons. The molecule has 5 nitrogen and oxygen atoms in total. The lowest BCUT2D eigenvalue weighted by Crippen LogP contribution is -2.27. The van der Waals surface area contributed by atoms with Crippen LogP contribution in [-0.2, 0) is 13.0 Å². The van der Waals surface area contributed by atoms with Gasteiger partial charge in [-0.1, -0.05) is 25.1 Å². The molecule has 0 fully saturated rings. The largest absolute Gasteiger partial charge is 0.350 e. The number of aromatic nitrogens is 3. The van der Waals surface area contributed by atoms with Crippen molar-refractivity contribution in [3.05, 3.63) is 60.2 Å². The number of para-hydroxylation sites is 2. The average Bonchev–Trinajstić information content (AvgIpc) is 2.94. The van der Waals surface area contributed by atoms with Crippen LogP contribution in [0.15, 0.2) is 48.7 Å². The number of pyridine rings is 1. The zero-order valence-electron chi connectivity index (χ0n) is 13.2. The summed E-state index contributed by atoms with van der Waals surface area (Å²) in [4.78, 5) is 20.8. The van der Waals surface area contributed by atoms with Crippen molar-refractivity contribution in [2.24, 2.45) is 0 Å². The molecule has 0 saturated heterocycles. The number of amides is 1. The van der Waals surface area contributed by atoms with Gasteiger partial charge in [0.05, 0.1) is 11.0 Å². The summed E-state index contributed by atoms with van der Waals surface area (Å²) in [6.07, 6.45) is 3.37. The molecule has 1 aromatic carbocycles. The van der Waals surface area contributed by atoms with Crippen LogP contribution < -0.4 is 5.32 Å². The first-order chi connectivity index (χ1) is 11.3. The van der Waals surface area contributed by atoms with Crippen molar-refractivity contribution >= 4 is 16.9 Å². The van der Waals surface area contributed by atoms with Gasteiger partial charge in [-0.2, -0.15) is 0 Å². The fraction of sp³-hybridized carbons (Fsp3) is 0.278. The summed E-state index contributed by atoms with van der Waals surface area (Å²) >= 11 is 0. The molecule has 0 bridgehead atoms. The van der Waals surface area contributed by atoms with Crippen molar-refractivity contribution in [1.29, 1.82) is 0 Å². The molecule has 3 rings (SSSR count). The SMILES string of the molecule is CCCn1c(CCNC(=O)c2ccccn2)nc2ccccc21. The molecule has 3 aromatic rings. The number of hydrogen-bond acceptors (Lipinski definition) is 3. The third-order valence-electron chi connectivity index (χ3n) is 3.71.